The van der Waals surface area contributed by atoms with Crippen LogP contribution in [0.5, 0.6) is 5.75 Å². The summed E-state index contributed by atoms with van der Waals surface area (Å²) in [6, 6.07) is 4.44. The molecule has 1 aromatic carbocycles. The summed E-state index contributed by atoms with van der Waals surface area (Å²) in [6.07, 6.45) is -4.87. The minimum Gasteiger partial charge on any atom is -0.497 e. The minimum absolute atomic E-state index is 0.0428. The van der Waals surface area contributed by atoms with Crippen molar-refractivity contribution in [2.24, 2.45) is 0 Å². The lowest BCUT2D eigenvalue weighted by Gasteiger charge is -2.24. The molecule has 1 heterocycles. The smallest absolute Gasteiger partial charge is 0.420 e. The Bertz CT molecular complexity index is 556. The number of halogens is 3. The van der Waals surface area contributed by atoms with Crippen molar-refractivity contribution in [3.8, 4) is 5.75 Å². The van der Waals surface area contributed by atoms with E-state index in [4.69, 9.17) is 4.74 Å². The van der Waals surface area contributed by atoms with Gasteiger partial charge in [0.1, 0.15) is 5.75 Å². The number of amides is 3. The van der Waals surface area contributed by atoms with Crippen molar-refractivity contribution in [2.75, 3.05) is 12.0 Å². The summed E-state index contributed by atoms with van der Waals surface area (Å²) < 4.78 is 43.6. The van der Waals surface area contributed by atoms with E-state index in [2.05, 4.69) is 0 Å². The summed E-state index contributed by atoms with van der Waals surface area (Å²) in [5, 5.41) is 1.68. The number of imide groups is 1. The summed E-state index contributed by atoms with van der Waals surface area (Å²) in [5.41, 5.74) is -2.87. The first kappa shape index (κ1) is 14.2. The van der Waals surface area contributed by atoms with Gasteiger partial charge in [-0.1, -0.05) is 0 Å². The van der Waals surface area contributed by atoms with E-state index in [0.29, 0.717) is 17.6 Å². The standard InChI is InChI=1S/C12H11F3N2O3/c1-11(12(13,14)15)9(18)17(10(19)16-11)7-3-5-8(20-2)6-4-7/h3-6H,1-2H3,(H,16,19). The molecule has 1 N–H and O–H groups in total. The lowest BCUT2D eigenvalue weighted by molar-refractivity contribution is -0.187. The average molecular weight is 288 g/mol. The molecule has 1 atom stereocenters. The summed E-state index contributed by atoms with van der Waals surface area (Å²) >= 11 is 0. The second-order valence-electron chi connectivity index (χ2n) is 4.39. The third kappa shape index (κ3) is 1.97. The Morgan fingerprint density at radius 2 is 1.75 bits per heavy atom. The van der Waals surface area contributed by atoms with Gasteiger partial charge in [0.2, 0.25) is 5.54 Å². The van der Waals surface area contributed by atoms with Gasteiger partial charge in [0.25, 0.3) is 5.91 Å². The van der Waals surface area contributed by atoms with E-state index in [1.54, 1.807) is 5.32 Å². The number of hydrogen-bond donors (Lipinski definition) is 1. The number of rotatable bonds is 2. The van der Waals surface area contributed by atoms with E-state index in [0.717, 1.165) is 0 Å². The quantitative estimate of drug-likeness (QED) is 0.848. The molecule has 0 spiro atoms. The molecule has 1 fully saturated rings. The molecule has 3 amide bonds. The summed E-state index contributed by atoms with van der Waals surface area (Å²) in [4.78, 5) is 24.1. The third-order valence-corrected chi connectivity index (χ3v) is 3.09. The Morgan fingerprint density at radius 1 is 1.20 bits per heavy atom. The van der Waals surface area contributed by atoms with Crippen molar-refractivity contribution in [2.45, 2.75) is 18.6 Å². The molecule has 1 unspecified atom stereocenters. The van der Waals surface area contributed by atoms with E-state index < -0.39 is 23.7 Å². The Labute approximate surface area is 112 Å². The molecule has 5 nitrogen and oxygen atoms in total. The molecule has 2 rings (SSSR count). The molecule has 1 aliphatic heterocycles. The predicted octanol–water partition coefficient (Wildman–Crippen LogP) is 2.07. The van der Waals surface area contributed by atoms with Gasteiger partial charge >= 0.3 is 12.2 Å². The van der Waals surface area contributed by atoms with Gasteiger partial charge in [0.05, 0.1) is 12.8 Å². The molecule has 20 heavy (non-hydrogen) atoms. The van der Waals surface area contributed by atoms with Crippen molar-refractivity contribution in [3.05, 3.63) is 24.3 Å². The summed E-state index contributed by atoms with van der Waals surface area (Å²) in [6.45, 7) is 0.636. The highest BCUT2D eigenvalue weighted by molar-refractivity contribution is 6.23. The monoisotopic (exact) mass is 288 g/mol. The van der Waals surface area contributed by atoms with E-state index in [1.807, 2.05) is 0 Å². The van der Waals surface area contributed by atoms with Crippen molar-refractivity contribution in [1.29, 1.82) is 0 Å². The Kier molecular flexibility index (Phi) is 3.11. The summed E-state index contributed by atoms with van der Waals surface area (Å²) in [7, 11) is 1.42. The normalized spacial score (nSPS) is 22.9. The number of anilines is 1. The minimum atomic E-state index is -4.87. The van der Waals surface area contributed by atoms with Crippen LogP contribution in [0.2, 0.25) is 0 Å². The number of hydrogen-bond acceptors (Lipinski definition) is 3. The molecular weight excluding hydrogens is 277 g/mol. The van der Waals surface area contributed by atoms with Gasteiger partial charge in [-0.05, 0) is 31.2 Å². The Balaban J connectivity index is 2.38. The van der Waals surface area contributed by atoms with Gasteiger partial charge in [0.15, 0.2) is 0 Å². The van der Waals surface area contributed by atoms with Gasteiger partial charge in [-0.15, -0.1) is 0 Å². The van der Waals surface area contributed by atoms with Crippen LogP contribution in [0, 0.1) is 0 Å². The molecule has 108 valence electrons. The van der Waals surface area contributed by atoms with Gasteiger partial charge in [-0.25, -0.2) is 9.69 Å². The molecule has 1 saturated heterocycles. The van der Waals surface area contributed by atoms with E-state index in [1.165, 1.54) is 31.4 Å². The van der Waals surface area contributed by atoms with Crippen LogP contribution in [0.3, 0.4) is 0 Å². The topological polar surface area (TPSA) is 58.6 Å². The molecule has 0 bridgehead atoms. The Hall–Kier alpha value is -2.25. The highest BCUT2D eigenvalue weighted by atomic mass is 19.4. The highest BCUT2D eigenvalue weighted by Gasteiger charge is 2.64. The van der Waals surface area contributed by atoms with E-state index in [9.17, 15) is 22.8 Å². The first-order valence-electron chi connectivity index (χ1n) is 5.58. The SMILES string of the molecule is COc1ccc(N2C(=O)NC(C)(C(F)(F)F)C2=O)cc1. The van der Waals surface area contributed by atoms with Crippen molar-refractivity contribution >= 4 is 17.6 Å². The molecule has 0 radical (unpaired) electrons. The zero-order chi connectivity index (χ0) is 15.1. The molecule has 0 aromatic heterocycles. The number of urea groups is 1. The molecule has 1 aliphatic rings. The van der Waals surface area contributed by atoms with Crippen molar-refractivity contribution in [1.82, 2.24) is 5.32 Å². The fraction of sp³-hybridized carbons (Fsp3) is 0.333. The molecule has 0 aliphatic carbocycles. The van der Waals surface area contributed by atoms with Crippen molar-refractivity contribution < 1.29 is 27.5 Å². The van der Waals surface area contributed by atoms with Gasteiger partial charge in [-0.2, -0.15) is 13.2 Å². The van der Waals surface area contributed by atoms with Crippen LogP contribution in [-0.4, -0.2) is 30.8 Å². The highest BCUT2D eigenvalue weighted by Crippen LogP contribution is 2.37. The van der Waals surface area contributed by atoms with Crippen LogP contribution in [0.15, 0.2) is 24.3 Å². The first-order valence-corrected chi connectivity index (χ1v) is 5.58. The lowest BCUT2D eigenvalue weighted by Crippen LogP contribution is -2.56. The maximum absolute atomic E-state index is 12.9. The largest absolute Gasteiger partial charge is 0.497 e. The maximum atomic E-state index is 12.9. The van der Waals surface area contributed by atoms with Crippen LogP contribution >= 0.6 is 0 Å². The number of alkyl halides is 3. The van der Waals surface area contributed by atoms with Gasteiger partial charge in [-0.3, -0.25) is 4.79 Å². The number of carbonyl (C=O) groups is 2. The summed E-state index contributed by atoms with van der Waals surface area (Å²) in [5.74, 6) is -0.903. The maximum Gasteiger partial charge on any atom is 0.420 e. The number of carbonyl (C=O) groups excluding carboxylic acids is 2. The number of nitrogens with zero attached hydrogens (tertiary/aromatic N) is 1. The number of nitrogens with one attached hydrogen (secondary N) is 1. The van der Waals surface area contributed by atoms with Crippen LogP contribution in [0.4, 0.5) is 23.7 Å². The van der Waals surface area contributed by atoms with Crippen LogP contribution in [0.1, 0.15) is 6.92 Å². The third-order valence-electron chi connectivity index (χ3n) is 3.09. The fourth-order valence-corrected chi connectivity index (χ4v) is 1.80. The zero-order valence-electron chi connectivity index (χ0n) is 10.6. The number of ether oxygens (including phenoxy) is 1. The van der Waals surface area contributed by atoms with E-state index >= 15 is 0 Å². The van der Waals surface area contributed by atoms with E-state index in [-0.39, 0.29) is 5.69 Å². The Morgan fingerprint density at radius 3 is 2.15 bits per heavy atom. The zero-order valence-corrected chi connectivity index (χ0v) is 10.6. The number of benzene rings is 1. The second kappa shape index (κ2) is 4.39. The molecule has 1 aromatic rings. The predicted molar refractivity (Wildman–Crippen MR) is 63.5 cm³/mol. The molecule has 8 heteroatoms. The van der Waals surface area contributed by atoms with Crippen LogP contribution in [-0.2, 0) is 4.79 Å². The molecular formula is C12H11F3N2O3. The van der Waals surface area contributed by atoms with Crippen molar-refractivity contribution in [3.63, 3.8) is 0 Å². The van der Waals surface area contributed by atoms with Crippen LogP contribution < -0.4 is 15.0 Å². The second-order valence-corrected chi connectivity index (χ2v) is 4.39. The first-order chi connectivity index (χ1) is 9.20. The number of methoxy groups -OCH3 is 1. The lowest BCUT2D eigenvalue weighted by atomic mass is 10.0. The molecule has 0 saturated carbocycles. The van der Waals surface area contributed by atoms with Gasteiger partial charge < -0.3 is 10.1 Å². The average Bonchev–Trinajstić information content (AvgIpc) is 2.61. The van der Waals surface area contributed by atoms with Crippen LogP contribution in [0.25, 0.3) is 0 Å². The van der Waals surface area contributed by atoms with Gasteiger partial charge in [0, 0.05) is 0 Å². The fourth-order valence-electron chi connectivity index (χ4n) is 1.80.